The zero-order valence-corrected chi connectivity index (χ0v) is 18.5. The molecule has 0 aromatic heterocycles. The number of nitrogens with one attached hydrogen (secondary N) is 1. The Morgan fingerprint density at radius 1 is 1.10 bits per heavy atom. The summed E-state index contributed by atoms with van der Waals surface area (Å²) in [7, 11) is -3.86. The zero-order chi connectivity index (χ0) is 21.3. The molecule has 0 radical (unpaired) electrons. The molecule has 1 heterocycles. The van der Waals surface area contributed by atoms with Crippen LogP contribution in [0.1, 0.15) is 35.3 Å². The average molecular weight is 437 g/mol. The van der Waals surface area contributed by atoms with Crippen LogP contribution in [-0.4, -0.2) is 43.9 Å². The van der Waals surface area contributed by atoms with E-state index in [1.54, 1.807) is 0 Å². The second kappa shape index (κ2) is 8.44. The van der Waals surface area contributed by atoms with Gasteiger partial charge in [-0.1, -0.05) is 23.7 Å². The van der Waals surface area contributed by atoms with Crippen LogP contribution in [0.2, 0.25) is 5.02 Å². The van der Waals surface area contributed by atoms with Crippen molar-refractivity contribution in [3.05, 3.63) is 58.1 Å². The van der Waals surface area contributed by atoms with Gasteiger partial charge < -0.3 is 10.1 Å². The number of ether oxygens (including phenoxy) is 1. The molecule has 8 heteroatoms. The van der Waals surface area contributed by atoms with Crippen LogP contribution in [0, 0.1) is 13.8 Å². The number of halogens is 1. The smallest absolute Gasteiger partial charge is 0.255 e. The van der Waals surface area contributed by atoms with E-state index in [2.05, 4.69) is 5.32 Å². The largest absolute Gasteiger partial charge is 0.373 e. The van der Waals surface area contributed by atoms with E-state index in [-0.39, 0.29) is 40.8 Å². The van der Waals surface area contributed by atoms with Crippen LogP contribution in [0.25, 0.3) is 0 Å². The minimum absolute atomic E-state index is 0.0749. The Bertz CT molecular complexity index is 1030. The third-order valence-electron chi connectivity index (χ3n) is 4.84. The molecule has 1 aliphatic rings. The van der Waals surface area contributed by atoms with Gasteiger partial charge in [-0.15, -0.1) is 0 Å². The van der Waals surface area contributed by atoms with Crippen molar-refractivity contribution >= 4 is 33.2 Å². The number of sulfonamides is 1. The third-order valence-corrected chi connectivity index (χ3v) is 7.15. The van der Waals surface area contributed by atoms with E-state index in [0.717, 1.165) is 11.1 Å². The highest BCUT2D eigenvalue weighted by Gasteiger charge is 2.33. The molecule has 1 saturated heterocycles. The van der Waals surface area contributed by atoms with Crippen molar-refractivity contribution in [1.29, 1.82) is 0 Å². The number of amides is 1. The van der Waals surface area contributed by atoms with Crippen molar-refractivity contribution in [3.63, 3.8) is 0 Å². The van der Waals surface area contributed by atoms with E-state index in [0.29, 0.717) is 5.69 Å². The minimum atomic E-state index is -3.86. The van der Waals surface area contributed by atoms with E-state index in [9.17, 15) is 13.2 Å². The molecule has 156 valence electrons. The second-order valence-corrected chi connectivity index (χ2v) is 9.81. The summed E-state index contributed by atoms with van der Waals surface area (Å²) in [5.74, 6) is -0.393. The molecule has 0 aliphatic carbocycles. The van der Waals surface area contributed by atoms with E-state index < -0.39 is 15.9 Å². The highest BCUT2D eigenvalue weighted by Crippen LogP contribution is 2.28. The Morgan fingerprint density at radius 3 is 2.41 bits per heavy atom. The van der Waals surface area contributed by atoms with Crippen LogP contribution < -0.4 is 5.32 Å². The van der Waals surface area contributed by atoms with Gasteiger partial charge >= 0.3 is 0 Å². The topological polar surface area (TPSA) is 75.7 Å². The normalized spacial score (nSPS) is 20.4. The lowest BCUT2D eigenvalue weighted by Gasteiger charge is -2.34. The predicted molar refractivity (Wildman–Crippen MR) is 114 cm³/mol. The molecule has 6 nitrogen and oxygen atoms in total. The maximum Gasteiger partial charge on any atom is 0.255 e. The molecule has 1 N–H and O–H groups in total. The van der Waals surface area contributed by atoms with Crippen molar-refractivity contribution in [2.24, 2.45) is 0 Å². The van der Waals surface area contributed by atoms with Crippen LogP contribution in [0.5, 0.6) is 0 Å². The van der Waals surface area contributed by atoms with Gasteiger partial charge in [0.05, 0.1) is 17.2 Å². The number of nitrogens with zero attached hydrogens (tertiary/aromatic N) is 1. The minimum Gasteiger partial charge on any atom is -0.373 e. The van der Waals surface area contributed by atoms with Crippen LogP contribution >= 0.6 is 11.6 Å². The number of carbonyl (C=O) groups is 1. The van der Waals surface area contributed by atoms with Crippen LogP contribution in [0.15, 0.2) is 41.3 Å². The maximum atomic E-state index is 13.2. The Balaban J connectivity index is 1.91. The van der Waals surface area contributed by atoms with Gasteiger partial charge in [-0.3, -0.25) is 4.79 Å². The molecule has 29 heavy (non-hydrogen) atoms. The average Bonchev–Trinajstić information content (AvgIpc) is 2.64. The number of hydrogen-bond donors (Lipinski definition) is 1. The monoisotopic (exact) mass is 436 g/mol. The summed E-state index contributed by atoms with van der Waals surface area (Å²) < 4.78 is 33.4. The summed E-state index contributed by atoms with van der Waals surface area (Å²) in [5, 5.41) is 2.93. The van der Waals surface area contributed by atoms with Gasteiger partial charge in [0, 0.05) is 24.3 Å². The van der Waals surface area contributed by atoms with Crippen molar-refractivity contribution < 1.29 is 17.9 Å². The predicted octanol–water partition coefficient (Wildman–Crippen LogP) is 4.01. The number of anilines is 1. The molecule has 0 spiro atoms. The lowest BCUT2D eigenvalue weighted by atomic mass is 10.1. The number of hydrogen-bond acceptors (Lipinski definition) is 4. The first-order valence-corrected chi connectivity index (χ1v) is 11.2. The Kier molecular flexibility index (Phi) is 6.33. The Morgan fingerprint density at radius 2 is 1.76 bits per heavy atom. The third kappa shape index (κ3) is 4.80. The molecule has 1 fully saturated rings. The highest BCUT2D eigenvalue weighted by atomic mass is 35.5. The highest BCUT2D eigenvalue weighted by molar-refractivity contribution is 7.89. The van der Waals surface area contributed by atoms with E-state index in [4.69, 9.17) is 16.3 Å². The summed E-state index contributed by atoms with van der Waals surface area (Å²) in [4.78, 5) is 12.7. The molecule has 1 aliphatic heterocycles. The van der Waals surface area contributed by atoms with Gasteiger partial charge in [0.1, 0.15) is 4.90 Å². The van der Waals surface area contributed by atoms with Gasteiger partial charge in [-0.2, -0.15) is 4.31 Å². The summed E-state index contributed by atoms with van der Waals surface area (Å²) in [5.41, 5.74) is 2.84. The molecule has 2 atom stereocenters. The molecule has 1 amide bonds. The maximum absolute atomic E-state index is 13.2. The van der Waals surface area contributed by atoms with Gasteiger partial charge in [0.15, 0.2) is 0 Å². The lowest BCUT2D eigenvalue weighted by Crippen LogP contribution is -2.48. The number of benzene rings is 2. The Hall–Kier alpha value is -1.93. The Labute approximate surface area is 176 Å². The molecule has 0 saturated carbocycles. The van der Waals surface area contributed by atoms with Crippen LogP contribution in [-0.2, 0) is 14.8 Å². The van der Waals surface area contributed by atoms with Gasteiger partial charge in [-0.05, 0) is 63.1 Å². The number of aryl methyl sites for hydroxylation is 2. The van der Waals surface area contributed by atoms with E-state index in [1.807, 2.05) is 45.9 Å². The fourth-order valence-corrected chi connectivity index (χ4v) is 5.46. The summed E-state index contributed by atoms with van der Waals surface area (Å²) in [6.07, 6.45) is -0.439. The molecular formula is C21H25ClN2O4S. The summed E-state index contributed by atoms with van der Waals surface area (Å²) >= 11 is 6.21. The van der Waals surface area contributed by atoms with Gasteiger partial charge in [-0.25, -0.2) is 8.42 Å². The van der Waals surface area contributed by atoms with Crippen molar-refractivity contribution in [2.75, 3.05) is 18.4 Å². The number of carbonyl (C=O) groups excluding carboxylic acids is 1. The molecule has 2 aromatic carbocycles. The summed E-state index contributed by atoms with van der Waals surface area (Å²) in [6.45, 7) is 7.96. The van der Waals surface area contributed by atoms with Crippen molar-refractivity contribution in [3.8, 4) is 0 Å². The second-order valence-electron chi connectivity index (χ2n) is 7.50. The zero-order valence-electron chi connectivity index (χ0n) is 16.9. The van der Waals surface area contributed by atoms with Crippen molar-refractivity contribution in [2.45, 2.75) is 44.8 Å². The SMILES string of the molecule is Cc1ccc(C)c(NC(=O)c2ccc(Cl)c(S(=O)(=O)N3C[C@@H](C)O[C@H](C)C3)c2)c1. The van der Waals surface area contributed by atoms with Gasteiger partial charge in [0.2, 0.25) is 10.0 Å². The number of rotatable bonds is 4. The molecule has 2 aromatic rings. The first-order chi connectivity index (χ1) is 13.6. The fourth-order valence-electron chi connectivity index (χ4n) is 3.37. The molecule has 0 bridgehead atoms. The van der Waals surface area contributed by atoms with E-state index >= 15 is 0 Å². The standard InChI is InChI=1S/C21H25ClN2O4S/c1-13-5-6-14(2)19(9-13)23-21(25)17-7-8-18(22)20(10-17)29(26,27)24-11-15(3)28-16(4)12-24/h5-10,15-16H,11-12H2,1-4H3,(H,23,25)/t15-,16-/m1/s1. The number of morpholine rings is 1. The van der Waals surface area contributed by atoms with Crippen LogP contribution in [0.4, 0.5) is 5.69 Å². The molecule has 3 rings (SSSR count). The van der Waals surface area contributed by atoms with Gasteiger partial charge in [0.25, 0.3) is 5.91 Å². The lowest BCUT2D eigenvalue weighted by molar-refractivity contribution is -0.0440. The van der Waals surface area contributed by atoms with E-state index in [1.165, 1.54) is 22.5 Å². The fraction of sp³-hybridized carbons (Fsp3) is 0.381. The first-order valence-electron chi connectivity index (χ1n) is 9.41. The van der Waals surface area contributed by atoms with Crippen molar-refractivity contribution in [1.82, 2.24) is 4.31 Å². The first kappa shape index (κ1) is 21.8. The molecule has 0 unspecified atom stereocenters. The molecular weight excluding hydrogens is 412 g/mol. The quantitative estimate of drug-likeness (QED) is 0.785. The van der Waals surface area contributed by atoms with Crippen LogP contribution in [0.3, 0.4) is 0 Å². The summed E-state index contributed by atoms with van der Waals surface area (Å²) in [6, 6.07) is 10.1.